The van der Waals surface area contributed by atoms with Gasteiger partial charge in [0.05, 0.1) is 11.9 Å². The standard InChI is InChI=1S/C10H7I2N3O/c1-6(16)8-3-2-7(4-13-8)15-5-14-9(11)10(15)12/h2-5H,1H3. The van der Waals surface area contributed by atoms with Gasteiger partial charge in [0.2, 0.25) is 0 Å². The zero-order valence-electron chi connectivity index (χ0n) is 8.32. The second-order valence-electron chi connectivity index (χ2n) is 3.15. The van der Waals surface area contributed by atoms with E-state index >= 15 is 0 Å². The van der Waals surface area contributed by atoms with Gasteiger partial charge in [0, 0.05) is 6.92 Å². The summed E-state index contributed by atoms with van der Waals surface area (Å²) in [6, 6.07) is 3.59. The van der Waals surface area contributed by atoms with E-state index in [2.05, 4.69) is 55.1 Å². The number of nitrogens with zero attached hydrogens (tertiary/aromatic N) is 3. The molecule has 2 heterocycles. The van der Waals surface area contributed by atoms with Crippen LogP contribution in [0.2, 0.25) is 0 Å². The first-order valence-corrected chi connectivity index (χ1v) is 6.61. The zero-order valence-corrected chi connectivity index (χ0v) is 12.6. The molecule has 0 amide bonds. The Morgan fingerprint density at radius 3 is 2.50 bits per heavy atom. The maximum atomic E-state index is 11.1. The highest BCUT2D eigenvalue weighted by atomic mass is 127. The van der Waals surface area contributed by atoms with E-state index in [0.717, 1.165) is 13.1 Å². The molecular formula is C10H7I2N3O. The lowest BCUT2D eigenvalue weighted by Gasteiger charge is -2.03. The predicted octanol–water partition coefficient (Wildman–Crippen LogP) is 2.68. The third kappa shape index (κ3) is 2.26. The highest BCUT2D eigenvalue weighted by Gasteiger charge is 2.07. The van der Waals surface area contributed by atoms with E-state index in [9.17, 15) is 4.79 Å². The molecule has 0 N–H and O–H groups in total. The molecule has 0 fully saturated rings. The second kappa shape index (κ2) is 4.78. The van der Waals surface area contributed by atoms with Crippen LogP contribution in [0, 0.1) is 7.40 Å². The summed E-state index contributed by atoms with van der Waals surface area (Å²) in [4.78, 5) is 19.4. The lowest BCUT2D eigenvalue weighted by atomic mass is 10.2. The third-order valence-corrected chi connectivity index (χ3v) is 4.91. The van der Waals surface area contributed by atoms with Gasteiger partial charge in [-0.05, 0) is 57.3 Å². The Hall–Kier alpha value is -0.510. The monoisotopic (exact) mass is 439 g/mol. The molecule has 0 aliphatic carbocycles. The molecule has 0 unspecified atom stereocenters. The van der Waals surface area contributed by atoms with Crippen LogP contribution in [0.3, 0.4) is 0 Å². The lowest BCUT2D eigenvalue weighted by molar-refractivity contribution is 0.101. The van der Waals surface area contributed by atoms with Gasteiger partial charge < -0.3 is 0 Å². The molecule has 0 aliphatic rings. The minimum absolute atomic E-state index is 0.0264. The predicted molar refractivity (Wildman–Crippen MR) is 76.8 cm³/mol. The van der Waals surface area contributed by atoms with Crippen LogP contribution in [0.4, 0.5) is 0 Å². The molecule has 4 nitrogen and oxygen atoms in total. The van der Waals surface area contributed by atoms with Crippen molar-refractivity contribution in [2.75, 3.05) is 0 Å². The van der Waals surface area contributed by atoms with Gasteiger partial charge in [0.1, 0.15) is 19.4 Å². The molecule has 0 atom stereocenters. The maximum Gasteiger partial charge on any atom is 0.178 e. The SMILES string of the molecule is CC(=O)c1ccc(-n2cnc(I)c2I)cn1. The summed E-state index contributed by atoms with van der Waals surface area (Å²) < 4.78 is 3.92. The molecule has 16 heavy (non-hydrogen) atoms. The van der Waals surface area contributed by atoms with Crippen LogP contribution in [0.1, 0.15) is 17.4 Å². The zero-order chi connectivity index (χ0) is 11.7. The Labute approximate surface area is 120 Å². The van der Waals surface area contributed by atoms with E-state index < -0.39 is 0 Å². The molecule has 2 aromatic rings. The Bertz CT molecular complexity index is 533. The van der Waals surface area contributed by atoms with E-state index in [1.807, 2.05) is 10.6 Å². The summed E-state index contributed by atoms with van der Waals surface area (Å²) in [6.45, 7) is 1.51. The Kier molecular flexibility index (Phi) is 3.57. The largest absolute Gasteiger partial charge is 0.293 e. The molecule has 2 aromatic heterocycles. The number of pyridine rings is 1. The summed E-state index contributed by atoms with van der Waals surface area (Å²) in [6.07, 6.45) is 3.42. The van der Waals surface area contributed by atoms with Crippen molar-refractivity contribution >= 4 is 51.0 Å². The fraction of sp³-hybridized carbons (Fsp3) is 0.100. The molecule has 2 rings (SSSR count). The molecule has 0 saturated heterocycles. The Balaban J connectivity index is 2.42. The van der Waals surface area contributed by atoms with Crippen molar-refractivity contribution in [3.8, 4) is 5.69 Å². The topological polar surface area (TPSA) is 47.8 Å². The first-order valence-electron chi connectivity index (χ1n) is 4.45. The molecule has 0 bridgehead atoms. The summed E-state index contributed by atoms with van der Waals surface area (Å²) in [5.74, 6) is -0.0264. The van der Waals surface area contributed by atoms with Crippen molar-refractivity contribution < 1.29 is 4.79 Å². The smallest absolute Gasteiger partial charge is 0.178 e. The highest BCUT2D eigenvalue weighted by molar-refractivity contribution is 14.1. The average Bonchev–Trinajstić information content (AvgIpc) is 2.60. The van der Waals surface area contributed by atoms with Gasteiger partial charge in [0.15, 0.2) is 5.78 Å². The number of halogens is 2. The number of carbonyl (C=O) groups excluding carboxylic acids is 1. The number of aromatic nitrogens is 3. The number of Topliss-reactive ketones (excluding diaryl/α,β-unsaturated/α-hetero) is 1. The van der Waals surface area contributed by atoms with Crippen LogP contribution in [0.5, 0.6) is 0 Å². The van der Waals surface area contributed by atoms with Crippen LogP contribution < -0.4 is 0 Å². The summed E-state index contributed by atoms with van der Waals surface area (Å²) >= 11 is 4.40. The molecule has 0 saturated carbocycles. The van der Waals surface area contributed by atoms with Gasteiger partial charge in [0.25, 0.3) is 0 Å². The summed E-state index contributed by atoms with van der Waals surface area (Å²) in [5.41, 5.74) is 1.39. The first kappa shape index (κ1) is 12.0. The van der Waals surface area contributed by atoms with E-state index in [0.29, 0.717) is 5.69 Å². The van der Waals surface area contributed by atoms with Crippen LogP contribution in [-0.4, -0.2) is 20.3 Å². The van der Waals surface area contributed by atoms with Crippen LogP contribution in [0.25, 0.3) is 5.69 Å². The minimum Gasteiger partial charge on any atom is -0.293 e. The molecule has 0 aromatic carbocycles. The van der Waals surface area contributed by atoms with Crippen molar-refractivity contribution in [1.29, 1.82) is 0 Å². The number of hydrogen-bond donors (Lipinski definition) is 0. The normalized spacial score (nSPS) is 10.4. The van der Waals surface area contributed by atoms with Gasteiger partial charge in [-0.1, -0.05) is 0 Å². The lowest BCUT2D eigenvalue weighted by Crippen LogP contribution is -2.00. The fourth-order valence-electron chi connectivity index (χ4n) is 1.23. The fourth-order valence-corrected chi connectivity index (χ4v) is 2.16. The average molecular weight is 439 g/mol. The van der Waals surface area contributed by atoms with Crippen molar-refractivity contribution in [3.05, 3.63) is 37.8 Å². The number of rotatable bonds is 2. The summed E-state index contributed by atoms with van der Waals surface area (Å²) in [5, 5.41) is 0. The van der Waals surface area contributed by atoms with Crippen LogP contribution in [0.15, 0.2) is 24.7 Å². The van der Waals surface area contributed by atoms with Gasteiger partial charge in [-0.25, -0.2) is 4.98 Å². The molecule has 0 radical (unpaired) electrons. The van der Waals surface area contributed by atoms with Crippen molar-refractivity contribution in [1.82, 2.24) is 14.5 Å². The molecule has 0 aliphatic heterocycles. The highest BCUT2D eigenvalue weighted by Crippen LogP contribution is 2.17. The summed E-state index contributed by atoms with van der Waals surface area (Å²) in [7, 11) is 0. The molecule has 0 spiro atoms. The van der Waals surface area contributed by atoms with E-state index in [-0.39, 0.29) is 5.78 Å². The van der Waals surface area contributed by atoms with E-state index in [1.165, 1.54) is 6.92 Å². The minimum atomic E-state index is -0.0264. The van der Waals surface area contributed by atoms with E-state index in [4.69, 9.17) is 0 Å². The number of ketones is 1. The molecular weight excluding hydrogens is 432 g/mol. The Morgan fingerprint density at radius 2 is 2.06 bits per heavy atom. The van der Waals surface area contributed by atoms with Crippen molar-refractivity contribution in [2.24, 2.45) is 0 Å². The van der Waals surface area contributed by atoms with Gasteiger partial charge in [-0.3, -0.25) is 14.3 Å². The second-order valence-corrected chi connectivity index (χ2v) is 5.20. The first-order chi connectivity index (χ1) is 7.59. The third-order valence-electron chi connectivity index (χ3n) is 2.06. The van der Waals surface area contributed by atoms with Crippen molar-refractivity contribution in [3.63, 3.8) is 0 Å². The molecule has 82 valence electrons. The number of imidazole rings is 1. The molecule has 6 heteroatoms. The van der Waals surface area contributed by atoms with Crippen molar-refractivity contribution in [2.45, 2.75) is 6.92 Å². The van der Waals surface area contributed by atoms with Gasteiger partial charge in [-0.15, -0.1) is 0 Å². The van der Waals surface area contributed by atoms with Gasteiger partial charge in [-0.2, -0.15) is 0 Å². The van der Waals surface area contributed by atoms with Crippen LogP contribution >= 0.6 is 45.2 Å². The number of hydrogen-bond acceptors (Lipinski definition) is 3. The van der Waals surface area contributed by atoms with E-state index in [1.54, 1.807) is 18.6 Å². The van der Waals surface area contributed by atoms with Gasteiger partial charge >= 0.3 is 0 Å². The van der Waals surface area contributed by atoms with Crippen LogP contribution in [-0.2, 0) is 0 Å². The Morgan fingerprint density at radius 1 is 1.31 bits per heavy atom. The quantitative estimate of drug-likeness (QED) is 0.535. The number of carbonyl (C=O) groups is 1. The maximum absolute atomic E-state index is 11.1.